The Labute approximate surface area is 123 Å². The van der Waals surface area contributed by atoms with Gasteiger partial charge in [0.05, 0.1) is 0 Å². The van der Waals surface area contributed by atoms with Gasteiger partial charge in [-0.1, -0.05) is 0 Å². The van der Waals surface area contributed by atoms with Crippen molar-refractivity contribution >= 4 is 22.7 Å². The Hall–Kier alpha value is -0.640. The zero-order valence-electron chi connectivity index (χ0n) is 11.9. The summed E-state index contributed by atoms with van der Waals surface area (Å²) in [6, 6.07) is 5.19. The molecule has 0 fully saturated rings. The van der Waals surface area contributed by atoms with E-state index in [9.17, 15) is 0 Å². The van der Waals surface area contributed by atoms with Gasteiger partial charge in [-0.05, 0) is 63.3 Å². The lowest BCUT2D eigenvalue weighted by Gasteiger charge is -2.13. The molecule has 1 N–H and O–H groups in total. The fourth-order valence-electron chi connectivity index (χ4n) is 2.92. The van der Waals surface area contributed by atoms with Crippen LogP contribution in [0, 0.1) is 13.8 Å². The summed E-state index contributed by atoms with van der Waals surface area (Å²) < 4.78 is 0. The molecule has 1 aliphatic rings. The van der Waals surface area contributed by atoms with Crippen molar-refractivity contribution in [2.75, 3.05) is 0 Å². The second kappa shape index (κ2) is 5.39. The lowest BCUT2D eigenvalue weighted by molar-refractivity contribution is 0.578. The summed E-state index contributed by atoms with van der Waals surface area (Å²) in [5.41, 5.74) is 3.07. The van der Waals surface area contributed by atoms with E-state index in [-0.39, 0.29) is 0 Å². The number of fused-ring (bicyclic) bond motifs is 1. The zero-order valence-corrected chi connectivity index (χ0v) is 13.5. The largest absolute Gasteiger partial charge is 0.305 e. The van der Waals surface area contributed by atoms with Crippen LogP contribution in [0.25, 0.3) is 0 Å². The first-order valence-electron chi connectivity index (χ1n) is 7.04. The first-order chi connectivity index (χ1) is 9.13. The Bertz CT molecular complexity index is 558. The lowest BCUT2D eigenvalue weighted by Crippen LogP contribution is -2.17. The van der Waals surface area contributed by atoms with Crippen molar-refractivity contribution in [1.29, 1.82) is 0 Å². The average molecular weight is 291 g/mol. The third-order valence-corrected chi connectivity index (χ3v) is 6.14. The number of thiophene rings is 2. The van der Waals surface area contributed by atoms with Crippen LogP contribution in [0.3, 0.4) is 0 Å². The van der Waals surface area contributed by atoms with Crippen LogP contribution in [0.1, 0.15) is 50.0 Å². The summed E-state index contributed by atoms with van der Waals surface area (Å²) >= 11 is 3.91. The van der Waals surface area contributed by atoms with E-state index in [1.807, 2.05) is 22.7 Å². The Morgan fingerprint density at radius 1 is 1.21 bits per heavy atom. The van der Waals surface area contributed by atoms with Crippen molar-refractivity contribution in [2.24, 2.45) is 0 Å². The van der Waals surface area contributed by atoms with Gasteiger partial charge in [0, 0.05) is 32.1 Å². The van der Waals surface area contributed by atoms with Crippen molar-refractivity contribution in [3.05, 3.63) is 42.8 Å². The number of nitrogens with one attached hydrogen (secondary N) is 1. The van der Waals surface area contributed by atoms with Crippen LogP contribution in [-0.2, 0) is 19.4 Å². The topological polar surface area (TPSA) is 12.0 Å². The van der Waals surface area contributed by atoms with E-state index >= 15 is 0 Å². The molecule has 1 aliphatic carbocycles. The standard InChI is InChI=1S/C16H21NS2/c1-10-7-15(12(3)18-10)11(2)17-9-14-8-13-5-4-6-16(13)19-14/h7-8,11,17H,4-6,9H2,1-3H3. The second-order valence-corrected chi connectivity index (χ2v) is 8.17. The van der Waals surface area contributed by atoms with Crippen LogP contribution in [0.15, 0.2) is 12.1 Å². The lowest BCUT2D eigenvalue weighted by atomic mass is 10.1. The van der Waals surface area contributed by atoms with E-state index in [0.717, 1.165) is 6.54 Å². The van der Waals surface area contributed by atoms with Crippen LogP contribution in [-0.4, -0.2) is 0 Å². The summed E-state index contributed by atoms with van der Waals surface area (Å²) in [6.45, 7) is 7.70. The molecular formula is C16H21NS2. The SMILES string of the molecule is Cc1cc(C(C)NCc2cc3c(s2)CCC3)c(C)s1. The fraction of sp³-hybridized carbons (Fsp3) is 0.500. The van der Waals surface area contributed by atoms with E-state index in [1.165, 1.54) is 39.5 Å². The first-order valence-corrected chi connectivity index (χ1v) is 8.67. The van der Waals surface area contributed by atoms with Gasteiger partial charge in [0.2, 0.25) is 0 Å². The minimum atomic E-state index is 0.446. The molecule has 1 unspecified atom stereocenters. The Morgan fingerprint density at radius 2 is 2.05 bits per heavy atom. The second-order valence-electron chi connectivity index (χ2n) is 5.49. The highest BCUT2D eigenvalue weighted by Gasteiger charge is 2.16. The minimum absolute atomic E-state index is 0.446. The maximum absolute atomic E-state index is 3.68. The number of rotatable bonds is 4. The minimum Gasteiger partial charge on any atom is -0.305 e. The summed E-state index contributed by atoms with van der Waals surface area (Å²) in [7, 11) is 0. The molecule has 0 aromatic carbocycles. The molecule has 102 valence electrons. The molecule has 0 amide bonds. The van der Waals surface area contributed by atoms with E-state index in [2.05, 4.69) is 38.2 Å². The predicted molar refractivity (Wildman–Crippen MR) is 85.4 cm³/mol. The van der Waals surface area contributed by atoms with Gasteiger partial charge in [-0.3, -0.25) is 0 Å². The molecule has 2 aromatic heterocycles. The first kappa shape index (κ1) is 13.3. The van der Waals surface area contributed by atoms with E-state index in [0.29, 0.717) is 6.04 Å². The van der Waals surface area contributed by atoms with Crippen LogP contribution in [0.5, 0.6) is 0 Å². The van der Waals surface area contributed by atoms with Crippen LogP contribution >= 0.6 is 22.7 Å². The maximum atomic E-state index is 3.68. The van der Waals surface area contributed by atoms with E-state index < -0.39 is 0 Å². The summed E-state index contributed by atoms with van der Waals surface area (Å²) in [6.07, 6.45) is 3.96. The molecule has 0 bridgehead atoms. The molecular weight excluding hydrogens is 270 g/mol. The Morgan fingerprint density at radius 3 is 2.74 bits per heavy atom. The smallest absolute Gasteiger partial charge is 0.0306 e. The molecule has 0 aliphatic heterocycles. The molecule has 1 nitrogen and oxygen atoms in total. The number of hydrogen-bond donors (Lipinski definition) is 1. The molecule has 1 atom stereocenters. The maximum Gasteiger partial charge on any atom is 0.0306 e. The molecule has 2 aromatic rings. The molecule has 2 heterocycles. The molecule has 0 spiro atoms. The highest BCUT2D eigenvalue weighted by atomic mass is 32.1. The third-order valence-electron chi connectivity index (χ3n) is 3.93. The van der Waals surface area contributed by atoms with Crippen molar-refractivity contribution < 1.29 is 0 Å². The molecule has 3 rings (SSSR count). The average Bonchev–Trinajstić information content (AvgIpc) is 3.00. The highest BCUT2D eigenvalue weighted by molar-refractivity contribution is 7.12. The Balaban J connectivity index is 1.63. The van der Waals surface area contributed by atoms with Gasteiger partial charge in [-0.15, -0.1) is 22.7 Å². The number of hydrogen-bond acceptors (Lipinski definition) is 3. The van der Waals surface area contributed by atoms with Crippen LogP contribution < -0.4 is 5.32 Å². The van der Waals surface area contributed by atoms with Crippen molar-refractivity contribution in [1.82, 2.24) is 5.32 Å². The number of aryl methyl sites for hydroxylation is 4. The van der Waals surface area contributed by atoms with Gasteiger partial charge >= 0.3 is 0 Å². The van der Waals surface area contributed by atoms with Crippen molar-refractivity contribution in [2.45, 2.75) is 52.6 Å². The normalized spacial score (nSPS) is 15.7. The van der Waals surface area contributed by atoms with E-state index in [1.54, 1.807) is 10.4 Å². The monoisotopic (exact) mass is 291 g/mol. The molecule has 19 heavy (non-hydrogen) atoms. The molecule has 3 heteroatoms. The summed E-state index contributed by atoms with van der Waals surface area (Å²) in [5, 5.41) is 3.68. The predicted octanol–water partition coefficient (Wildman–Crippen LogP) is 4.77. The van der Waals surface area contributed by atoms with Crippen LogP contribution in [0.2, 0.25) is 0 Å². The Kier molecular flexibility index (Phi) is 3.79. The van der Waals surface area contributed by atoms with Gasteiger partial charge in [0.25, 0.3) is 0 Å². The summed E-state index contributed by atoms with van der Waals surface area (Å²) in [4.78, 5) is 6.00. The van der Waals surface area contributed by atoms with Gasteiger partial charge in [0.1, 0.15) is 0 Å². The van der Waals surface area contributed by atoms with Gasteiger partial charge in [-0.2, -0.15) is 0 Å². The van der Waals surface area contributed by atoms with Crippen LogP contribution in [0.4, 0.5) is 0 Å². The zero-order chi connectivity index (χ0) is 13.4. The quantitative estimate of drug-likeness (QED) is 0.856. The third kappa shape index (κ3) is 2.78. The van der Waals surface area contributed by atoms with Gasteiger partial charge < -0.3 is 5.32 Å². The molecule has 0 radical (unpaired) electrons. The summed E-state index contributed by atoms with van der Waals surface area (Å²) in [5.74, 6) is 0. The molecule has 0 saturated carbocycles. The van der Waals surface area contributed by atoms with Gasteiger partial charge in [0.15, 0.2) is 0 Å². The van der Waals surface area contributed by atoms with Gasteiger partial charge in [-0.25, -0.2) is 0 Å². The van der Waals surface area contributed by atoms with Crippen molar-refractivity contribution in [3.8, 4) is 0 Å². The van der Waals surface area contributed by atoms with Crippen molar-refractivity contribution in [3.63, 3.8) is 0 Å². The highest BCUT2D eigenvalue weighted by Crippen LogP contribution is 2.31. The fourth-order valence-corrected chi connectivity index (χ4v) is 5.16. The molecule has 0 saturated heterocycles. The van der Waals surface area contributed by atoms with E-state index in [4.69, 9.17) is 0 Å².